The molecule has 1 aliphatic carbocycles. The smallest absolute Gasteiger partial charge is 0.255 e. The highest BCUT2D eigenvalue weighted by atomic mass is 19.1. The van der Waals surface area contributed by atoms with Gasteiger partial charge in [0.2, 0.25) is 5.91 Å². The Balaban J connectivity index is 1.23. The van der Waals surface area contributed by atoms with Crippen molar-refractivity contribution in [3.8, 4) is 5.75 Å². The van der Waals surface area contributed by atoms with Crippen LogP contribution in [0.25, 0.3) is 0 Å². The lowest BCUT2D eigenvalue weighted by molar-refractivity contribution is -0.149. The molecule has 2 N–H and O–H groups in total. The number of phenols is 1. The molecule has 0 spiro atoms. The van der Waals surface area contributed by atoms with Crippen LogP contribution < -0.4 is 5.32 Å². The van der Waals surface area contributed by atoms with Gasteiger partial charge in [0.05, 0.1) is 11.7 Å². The molecule has 1 unspecified atom stereocenters. The van der Waals surface area contributed by atoms with Gasteiger partial charge in [0.15, 0.2) is 0 Å². The van der Waals surface area contributed by atoms with Crippen LogP contribution in [0, 0.1) is 17.7 Å². The van der Waals surface area contributed by atoms with Crippen molar-refractivity contribution in [2.45, 2.75) is 31.8 Å². The van der Waals surface area contributed by atoms with Gasteiger partial charge >= 0.3 is 0 Å². The summed E-state index contributed by atoms with van der Waals surface area (Å²) in [7, 11) is 0. The molecule has 1 aromatic carbocycles. The Morgan fingerprint density at radius 1 is 1.17 bits per heavy atom. The van der Waals surface area contributed by atoms with Crippen molar-refractivity contribution in [2.24, 2.45) is 11.8 Å². The third kappa shape index (κ3) is 5.49. The maximum absolute atomic E-state index is 13.1. The van der Waals surface area contributed by atoms with Crippen LogP contribution in [0.3, 0.4) is 0 Å². The Labute approximate surface area is 176 Å². The number of aromatic hydroxyl groups is 1. The van der Waals surface area contributed by atoms with Gasteiger partial charge < -0.3 is 25.0 Å². The Bertz CT molecular complexity index is 778. The Kier molecular flexibility index (Phi) is 6.53. The van der Waals surface area contributed by atoms with E-state index in [1.807, 2.05) is 4.90 Å². The van der Waals surface area contributed by atoms with E-state index in [9.17, 15) is 19.1 Å². The van der Waals surface area contributed by atoms with E-state index in [0.717, 1.165) is 50.5 Å². The molecule has 2 heterocycles. The van der Waals surface area contributed by atoms with Crippen molar-refractivity contribution >= 4 is 11.8 Å². The molecule has 1 atom stereocenters. The minimum Gasteiger partial charge on any atom is -0.507 e. The summed E-state index contributed by atoms with van der Waals surface area (Å²) >= 11 is 0. The molecule has 7 nitrogen and oxygen atoms in total. The molecule has 3 aliphatic rings. The quantitative estimate of drug-likeness (QED) is 0.702. The van der Waals surface area contributed by atoms with Gasteiger partial charge in [0, 0.05) is 32.2 Å². The van der Waals surface area contributed by atoms with Gasteiger partial charge in [0.25, 0.3) is 5.91 Å². The number of carbonyl (C=O) groups is 2. The van der Waals surface area contributed by atoms with Crippen LogP contribution in [0.1, 0.15) is 36.0 Å². The first kappa shape index (κ1) is 21.1. The second kappa shape index (κ2) is 9.31. The molecule has 0 aromatic heterocycles. The summed E-state index contributed by atoms with van der Waals surface area (Å²) in [6, 6.07) is 3.28. The number of benzene rings is 1. The zero-order valence-corrected chi connectivity index (χ0v) is 17.2. The highest BCUT2D eigenvalue weighted by molar-refractivity contribution is 5.96. The fourth-order valence-electron chi connectivity index (χ4n) is 4.31. The standard InChI is InChI=1S/C22H30FN3O4/c23-17-3-4-19(20(27)9-17)22(29)24-10-18-13-26(21(28)14-30-18)12-16-5-7-25(8-6-16)11-15-1-2-15/h3-4,9,15-16,18,27H,1-2,5-8,10-14H2,(H,24,29). The van der Waals surface area contributed by atoms with Gasteiger partial charge in [0.1, 0.15) is 18.2 Å². The normalized spacial score (nSPS) is 23.6. The first-order valence-corrected chi connectivity index (χ1v) is 10.9. The number of halogens is 1. The number of hydrogen-bond donors (Lipinski definition) is 2. The predicted molar refractivity (Wildman–Crippen MR) is 109 cm³/mol. The maximum atomic E-state index is 13.1. The van der Waals surface area contributed by atoms with Crippen LogP contribution in [0.4, 0.5) is 4.39 Å². The van der Waals surface area contributed by atoms with Gasteiger partial charge in [-0.25, -0.2) is 4.39 Å². The Morgan fingerprint density at radius 3 is 2.60 bits per heavy atom. The molecule has 0 radical (unpaired) electrons. The average molecular weight is 419 g/mol. The minimum atomic E-state index is -0.604. The van der Waals surface area contributed by atoms with Crippen molar-refractivity contribution in [3.05, 3.63) is 29.6 Å². The second-order valence-corrected chi connectivity index (χ2v) is 8.79. The number of amides is 2. The average Bonchev–Trinajstić information content (AvgIpc) is 3.54. The van der Waals surface area contributed by atoms with Gasteiger partial charge in [-0.15, -0.1) is 0 Å². The molecule has 2 aliphatic heterocycles. The first-order valence-electron chi connectivity index (χ1n) is 10.9. The van der Waals surface area contributed by atoms with Crippen LogP contribution in [0.15, 0.2) is 18.2 Å². The minimum absolute atomic E-state index is 0.00540. The third-order valence-corrected chi connectivity index (χ3v) is 6.31. The number of rotatable bonds is 7. The number of morpholine rings is 1. The van der Waals surface area contributed by atoms with Gasteiger partial charge in [-0.05, 0) is 62.7 Å². The van der Waals surface area contributed by atoms with Crippen LogP contribution >= 0.6 is 0 Å². The number of nitrogens with one attached hydrogen (secondary N) is 1. The van der Waals surface area contributed by atoms with Crippen molar-refractivity contribution < 1.29 is 23.8 Å². The number of ether oxygens (including phenoxy) is 1. The number of nitrogens with zero attached hydrogens (tertiary/aromatic N) is 2. The number of likely N-dealkylation sites (tertiary alicyclic amines) is 1. The summed E-state index contributed by atoms with van der Waals surface area (Å²) in [4.78, 5) is 29.0. The highest BCUT2D eigenvalue weighted by Crippen LogP contribution is 2.31. The lowest BCUT2D eigenvalue weighted by Gasteiger charge is -2.38. The molecule has 1 saturated carbocycles. The van der Waals surface area contributed by atoms with E-state index in [1.54, 1.807) is 0 Å². The van der Waals surface area contributed by atoms with Gasteiger partial charge in [-0.2, -0.15) is 0 Å². The van der Waals surface area contributed by atoms with Gasteiger partial charge in [-0.1, -0.05) is 0 Å². The van der Waals surface area contributed by atoms with E-state index >= 15 is 0 Å². The summed E-state index contributed by atoms with van der Waals surface area (Å²) < 4.78 is 18.7. The zero-order valence-electron chi connectivity index (χ0n) is 17.2. The lowest BCUT2D eigenvalue weighted by Crippen LogP contribution is -2.52. The molecule has 4 rings (SSSR count). The molecular weight excluding hydrogens is 389 g/mol. The van der Waals surface area contributed by atoms with E-state index in [2.05, 4.69) is 10.2 Å². The van der Waals surface area contributed by atoms with Crippen LogP contribution in [-0.2, 0) is 9.53 Å². The fourth-order valence-corrected chi connectivity index (χ4v) is 4.31. The Hall–Kier alpha value is -2.19. The summed E-state index contributed by atoms with van der Waals surface area (Å²) in [5, 5.41) is 12.4. The molecule has 2 amide bonds. The topological polar surface area (TPSA) is 82.1 Å². The molecule has 0 bridgehead atoms. The third-order valence-electron chi connectivity index (χ3n) is 6.31. The summed E-state index contributed by atoms with van der Waals surface area (Å²) in [5.41, 5.74) is 0.0121. The lowest BCUT2D eigenvalue weighted by atomic mass is 9.95. The van der Waals surface area contributed by atoms with Crippen molar-refractivity contribution in [3.63, 3.8) is 0 Å². The van der Waals surface area contributed by atoms with Crippen LogP contribution in [0.5, 0.6) is 5.75 Å². The predicted octanol–water partition coefficient (Wildman–Crippen LogP) is 1.61. The van der Waals surface area contributed by atoms with E-state index in [1.165, 1.54) is 25.5 Å². The molecule has 30 heavy (non-hydrogen) atoms. The highest BCUT2D eigenvalue weighted by Gasteiger charge is 2.31. The number of piperidine rings is 1. The molecule has 8 heteroatoms. The van der Waals surface area contributed by atoms with Crippen molar-refractivity contribution in [1.82, 2.24) is 15.1 Å². The van der Waals surface area contributed by atoms with E-state index in [0.29, 0.717) is 12.5 Å². The molecular formula is C22H30FN3O4. The van der Waals surface area contributed by atoms with E-state index < -0.39 is 17.5 Å². The maximum Gasteiger partial charge on any atom is 0.255 e. The summed E-state index contributed by atoms with van der Waals surface area (Å²) in [6.45, 7) is 4.87. The largest absolute Gasteiger partial charge is 0.507 e. The summed E-state index contributed by atoms with van der Waals surface area (Å²) in [6.07, 6.45) is 4.68. The molecule has 1 aromatic rings. The van der Waals surface area contributed by atoms with E-state index in [-0.39, 0.29) is 30.7 Å². The molecule has 3 fully saturated rings. The SMILES string of the molecule is O=C(NCC1CN(CC2CCN(CC3CC3)CC2)C(=O)CO1)c1ccc(F)cc1O. The second-order valence-electron chi connectivity index (χ2n) is 8.79. The van der Waals surface area contributed by atoms with E-state index in [4.69, 9.17) is 4.74 Å². The first-order chi connectivity index (χ1) is 14.5. The monoisotopic (exact) mass is 419 g/mol. The van der Waals surface area contributed by atoms with Crippen molar-refractivity contribution in [2.75, 3.05) is 45.9 Å². The molecule has 164 valence electrons. The van der Waals surface area contributed by atoms with Crippen LogP contribution in [-0.4, -0.2) is 78.7 Å². The number of carbonyl (C=O) groups excluding carboxylic acids is 2. The number of phenolic OH excluding ortho intramolecular Hbond substituents is 1. The van der Waals surface area contributed by atoms with Gasteiger partial charge in [-0.3, -0.25) is 9.59 Å². The zero-order chi connectivity index (χ0) is 21.1. The molecule has 2 saturated heterocycles. The fraction of sp³-hybridized carbons (Fsp3) is 0.636. The van der Waals surface area contributed by atoms with Crippen molar-refractivity contribution in [1.29, 1.82) is 0 Å². The van der Waals surface area contributed by atoms with Crippen LogP contribution in [0.2, 0.25) is 0 Å². The number of hydrogen-bond acceptors (Lipinski definition) is 5. The summed E-state index contributed by atoms with van der Waals surface area (Å²) in [5.74, 6) is -0.0881. The Morgan fingerprint density at radius 2 is 1.90 bits per heavy atom.